The summed E-state index contributed by atoms with van der Waals surface area (Å²) in [6.45, 7) is 6.21. The molecule has 134 valence electrons. The molecule has 1 aromatic rings. The van der Waals surface area contributed by atoms with E-state index in [1.165, 1.54) is 0 Å². The molecule has 2 heterocycles. The van der Waals surface area contributed by atoms with Crippen molar-refractivity contribution in [1.29, 1.82) is 0 Å². The van der Waals surface area contributed by atoms with Crippen molar-refractivity contribution < 1.29 is 14.4 Å². The zero-order valence-corrected chi connectivity index (χ0v) is 14.9. The van der Waals surface area contributed by atoms with Crippen LogP contribution in [0.2, 0.25) is 0 Å². The normalized spacial score (nSPS) is 17.3. The maximum absolute atomic E-state index is 12.6. The molecule has 3 rings (SSSR count). The molecule has 1 saturated heterocycles. The Bertz CT molecular complexity index is 691. The molecule has 0 aliphatic carbocycles. The van der Waals surface area contributed by atoms with E-state index in [1.54, 1.807) is 0 Å². The molecule has 1 N–H and O–H groups in total. The van der Waals surface area contributed by atoms with Crippen molar-refractivity contribution >= 4 is 23.4 Å². The first-order valence-electron chi connectivity index (χ1n) is 8.92. The smallest absolute Gasteiger partial charge is 0.227 e. The molecular formula is C19H25N3O3. The van der Waals surface area contributed by atoms with Gasteiger partial charge >= 0.3 is 0 Å². The standard InChI is InChI=1S/C19H25N3O3/c1-13(2)19(25)22-9-7-21(8-10-22)18(24)12-14-3-5-16-15(11-14)4-6-17(23)20-16/h3,5,11,13H,4,6-10,12H2,1-2H3,(H,20,23). The number of aryl methyl sites for hydroxylation is 1. The monoisotopic (exact) mass is 343 g/mol. The number of rotatable bonds is 3. The third kappa shape index (κ3) is 4.00. The van der Waals surface area contributed by atoms with Crippen LogP contribution in [0.4, 0.5) is 5.69 Å². The topological polar surface area (TPSA) is 69.7 Å². The molecule has 3 amide bonds. The van der Waals surface area contributed by atoms with Crippen molar-refractivity contribution in [3.05, 3.63) is 29.3 Å². The summed E-state index contributed by atoms with van der Waals surface area (Å²) in [5.41, 5.74) is 2.92. The van der Waals surface area contributed by atoms with E-state index < -0.39 is 0 Å². The minimum absolute atomic E-state index is 0.00163. The van der Waals surface area contributed by atoms with Gasteiger partial charge in [0.2, 0.25) is 17.7 Å². The fourth-order valence-electron chi connectivity index (χ4n) is 3.37. The molecule has 0 spiro atoms. The molecule has 25 heavy (non-hydrogen) atoms. The largest absolute Gasteiger partial charge is 0.339 e. The number of hydrogen-bond donors (Lipinski definition) is 1. The number of piperazine rings is 1. The van der Waals surface area contributed by atoms with Gasteiger partial charge in [-0.05, 0) is 23.6 Å². The van der Waals surface area contributed by atoms with Crippen molar-refractivity contribution in [2.24, 2.45) is 5.92 Å². The predicted octanol–water partition coefficient (Wildman–Crippen LogP) is 1.44. The van der Waals surface area contributed by atoms with Gasteiger partial charge in [0, 0.05) is 44.2 Å². The molecule has 0 bridgehead atoms. The van der Waals surface area contributed by atoms with Crippen LogP contribution in [-0.2, 0) is 27.2 Å². The Balaban J connectivity index is 1.57. The number of hydrogen-bond acceptors (Lipinski definition) is 3. The average Bonchev–Trinajstić information content (AvgIpc) is 2.61. The highest BCUT2D eigenvalue weighted by Gasteiger charge is 2.25. The van der Waals surface area contributed by atoms with Gasteiger partial charge in [0.05, 0.1) is 6.42 Å². The predicted molar refractivity (Wildman–Crippen MR) is 95.1 cm³/mol. The summed E-state index contributed by atoms with van der Waals surface area (Å²) in [7, 11) is 0. The van der Waals surface area contributed by atoms with Crippen molar-refractivity contribution in [2.45, 2.75) is 33.1 Å². The molecule has 6 heteroatoms. The lowest BCUT2D eigenvalue weighted by molar-refractivity contribution is -0.141. The summed E-state index contributed by atoms with van der Waals surface area (Å²) in [6.07, 6.45) is 1.58. The van der Waals surface area contributed by atoms with Crippen LogP contribution in [0.15, 0.2) is 18.2 Å². The first-order chi connectivity index (χ1) is 11.9. The van der Waals surface area contributed by atoms with E-state index in [1.807, 2.05) is 41.8 Å². The lowest BCUT2D eigenvalue weighted by Gasteiger charge is -2.35. The lowest BCUT2D eigenvalue weighted by Crippen LogP contribution is -2.51. The van der Waals surface area contributed by atoms with Crippen LogP contribution in [0.1, 0.15) is 31.4 Å². The van der Waals surface area contributed by atoms with Gasteiger partial charge in [0.15, 0.2) is 0 Å². The van der Waals surface area contributed by atoms with E-state index in [4.69, 9.17) is 0 Å². The molecule has 0 saturated carbocycles. The van der Waals surface area contributed by atoms with E-state index in [9.17, 15) is 14.4 Å². The highest BCUT2D eigenvalue weighted by molar-refractivity contribution is 5.94. The minimum atomic E-state index is -0.00163. The van der Waals surface area contributed by atoms with Crippen LogP contribution in [-0.4, -0.2) is 53.7 Å². The van der Waals surface area contributed by atoms with E-state index in [-0.39, 0.29) is 23.6 Å². The number of carbonyl (C=O) groups is 3. The number of benzene rings is 1. The summed E-state index contributed by atoms with van der Waals surface area (Å²) in [4.78, 5) is 39.7. The minimum Gasteiger partial charge on any atom is -0.339 e. The zero-order chi connectivity index (χ0) is 18.0. The van der Waals surface area contributed by atoms with Crippen molar-refractivity contribution in [2.75, 3.05) is 31.5 Å². The highest BCUT2D eigenvalue weighted by atomic mass is 16.2. The van der Waals surface area contributed by atoms with Crippen molar-refractivity contribution in [1.82, 2.24) is 9.80 Å². The van der Waals surface area contributed by atoms with E-state index in [2.05, 4.69) is 5.32 Å². The number of carbonyl (C=O) groups excluding carboxylic acids is 3. The zero-order valence-electron chi connectivity index (χ0n) is 14.9. The third-order valence-electron chi connectivity index (χ3n) is 4.86. The number of nitrogens with one attached hydrogen (secondary N) is 1. The van der Waals surface area contributed by atoms with Gasteiger partial charge in [-0.25, -0.2) is 0 Å². The molecule has 2 aliphatic heterocycles. The molecule has 6 nitrogen and oxygen atoms in total. The number of nitrogens with zero attached hydrogens (tertiary/aromatic N) is 2. The summed E-state index contributed by atoms with van der Waals surface area (Å²) >= 11 is 0. The Morgan fingerprint density at radius 3 is 2.44 bits per heavy atom. The Kier molecular flexibility index (Phi) is 5.06. The van der Waals surface area contributed by atoms with Gasteiger partial charge in [-0.1, -0.05) is 26.0 Å². The lowest BCUT2D eigenvalue weighted by atomic mass is 9.99. The molecule has 2 aliphatic rings. The van der Waals surface area contributed by atoms with Crippen LogP contribution in [0.25, 0.3) is 0 Å². The number of amides is 3. The number of fused-ring (bicyclic) bond motifs is 1. The molecule has 1 fully saturated rings. The van der Waals surface area contributed by atoms with Gasteiger partial charge in [0.25, 0.3) is 0 Å². The summed E-state index contributed by atoms with van der Waals surface area (Å²) in [5.74, 6) is 0.295. The summed E-state index contributed by atoms with van der Waals surface area (Å²) < 4.78 is 0. The SMILES string of the molecule is CC(C)C(=O)N1CCN(C(=O)Cc2ccc3c(c2)CCC(=O)N3)CC1. The quantitative estimate of drug-likeness (QED) is 0.903. The van der Waals surface area contributed by atoms with Crippen molar-refractivity contribution in [3.63, 3.8) is 0 Å². The average molecular weight is 343 g/mol. The Labute approximate surface area is 148 Å². The molecular weight excluding hydrogens is 318 g/mol. The van der Waals surface area contributed by atoms with E-state index in [0.717, 1.165) is 23.2 Å². The fourth-order valence-corrected chi connectivity index (χ4v) is 3.37. The second kappa shape index (κ2) is 7.25. The Hall–Kier alpha value is -2.37. The highest BCUT2D eigenvalue weighted by Crippen LogP contribution is 2.24. The van der Waals surface area contributed by atoms with E-state index in [0.29, 0.717) is 39.0 Å². The van der Waals surface area contributed by atoms with Crippen LogP contribution in [0.3, 0.4) is 0 Å². The van der Waals surface area contributed by atoms with Gasteiger partial charge < -0.3 is 15.1 Å². The molecule has 0 atom stereocenters. The Morgan fingerprint density at radius 2 is 1.76 bits per heavy atom. The van der Waals surface area contributed by atoms with Gasteiger partial charge in [-0.3, -0.25) is 14.4 Å². The van der Waals surface area contributed by atoms with Gasteiger partial charge in [-0.15, -0.1) is 0 Å². The first-order valence-corrected chi connectivity index (χ1v) is 8.92. The molecule has 1 aromatic carbocycles. The fraction of sp³-hybridized carbons (Fsp3) is 0.526. The molecule has 0 unspecified atom stereocenters. The maximum Gasteiger partial charge on any atom is 0.227 e. The Morgan fingerprint density at radius 1 is 1.08 bits per heavy atom. The molecule has 0 aromatic heterocycles. The maximum atomic E-state index is 12.6. The number of anilines is 1. The van der Waals surface area contributed by atoms with E-state index >= 15 is 0 Å². The van der Waals surface area contributed by atoms with Crippen LogP contribution < -0.4 is 5.32 Å². The van der Waals surface area contributed by atoms with Crippen LogP contribution >= 0.6 is 0 Å². The van der Waals surface area contributed by atoms with Crippen LogP contribution in [0, 0.1) is 5.92 Å². The van der Waals surface area contributed by atoms with Gasteiger partial charge in [0.1, 0.15) is 0 Å². The van der Waals surface area contributed by atoms with Crippen LogP contribution in [0.5, 0.6) is 0 Å². The first kappa shape index (κ1) is 17.5. The molecule has 0 radical (unpaired) electrons. The second-order valence-corrected chi connectivity index (χ2v) is 7.08. The van der Waals surface area contributed by atoms with Gasteiger partial charge in [-0.2, -0.15) is 0 Å². The second-order valence-electron chi connectivity index (χ2n) is 7.08. The van der Waals surface area contributed by atoms with Crippen molar-refractivity contribution in [3.8, 4) is 0 Å². The summed E-state index contributed by atoms with van der Waals surface area (Å²) in [5, 5.41) is 2.86. The summed E-state index contributed by atoms with van der Waals surface area (Å²) in [6, 6.07) is 5.81. The third-order valence-corrected chi connectivity index (χ3v) is 4.86.